The predicted molar refractivity (Wildman–Crippen MR) is 134 cm³/mol. The van der Waals surface area contributed by atoms with Crippen LogP contribution in [-0.2, 0) is 0 Å². The maximum absolute atomic E-state index is 14.6. The monoisotopic (exact) mass is 507 g/mol. The zero-order valence-corrected chi connectivity index (χ0v) is 21.5. The van der Waals surface area contributed by atoms with Crippen molar-refractivity contribution in [3.63, 3.8) is 0 Å². The summed E-state index contributed by atoms with van der Waals surface area (Å²) in [6, 6.07) is 5.85. The van der Waals surface area contributed by atoms with E-state index in [1.54, 1.807) is 4.52 Å². The molecule has 1 fully saturated rings. The number of aromatic nitrogens is 5. The molecule has 0 aromatic carbocycles. The average molecular weight is 508 g/mol. The van der Waals surface area contributed by atoms with E-state index in [9.17, 15) is 14.0 Å². The number of rotatable bonds is 5. The second-order valence-electron chi connectivity index (χ2n) is 9.52. The van der Waals surface area contributed by atoms with E-state index in [1.807, 2.05) is 18.5 Å². The van der Waals surface area contributed by atoms with Gasteiger partial charge in [0, 0.05) is 40.0 Å². The van der Waals surface area contributed by atoms with E-state index in [4.69, 9.17) is 5.10 Å². The molecule has 5 rings (SSSR count). The molecule has 0 spiro atoms. The molecule has 0 unspecified atom stereocenters. The molecule has 10 heteroatoms. The minimum Gasteiger partial charge on any atom is -0.306 e. The van der Waals surface area contributed by atoms with Crippen LogP contribution in [0.15, 0.2) is 40.6 Å². The number of hydrogen-bond donors (Lipinski definition) is 0. The zero-order valence-electron chi connectivity index (χ0n) is 20.7. The molecule has 186 valence electrons. The topological polar surface area (TPSA) is 75.0 Å². The van der Waals surface area contributed by atoms with Gasteiger partial charge in [-0.3, -0.25) is 4.68 Å². The standard InChI is InChI=1S/C26H27F2N7S/c1-15-22(27)10-23(28)26(32-15)36-24-9-17(14-34-25(24)18(11-29)12-30-34)21-13-31-35(16(21)2)20-7-5-19(6-8-20)33(3)4/h9-10,12-14,19-20H,5-8H2,1-4H3. The Hall–Kier alpha value is -3.29. The minimum absolute atomic E-state index is 0.0445. The summed E-state index contributed by atoms with van der Waals surface area (Å²) >= 11 is 1.06. The van der Waals surface area contributed by atoms with Crippen molar-refractivity contribution in [2.45, 2.75) is 61.5 Å². The Bertz CT molecular complexity index is 1480. The third-order valence-corrected chi connectivity index (χ3v) is 8.09. The van der Waals surface area contributed by atoms with Crippen LogP contribution in [0.3, 0.4) is 0 Å². The Morgan fingerprint density at radius 3 is 2.50 bits per heavy atom. The van der Waals surface area contributed by atoms with Gasteiger partial charge in [-0.25, -0.2) is 18.3 Å². The molecule has 4 aromatic heterocycles. The van der Waals surface area contributed by atoms with Crippen LogP contribution < -0.4 is 0 Å². The molecule has 1 aliphatic carbocycles. The molecule has 4 heterocycles. The second kappa shape index (κ2) is 9.64. The van der Waals surface area contributed by atoms with Gasteiger partial charge in [0.2, 0.25) is 0 Å². The molecule has 36 heavy (non-hydrogen) atoms. The summed E-state index contributed by atoms with van der Waals surface area (Å²) in [5.41, 5.74) is 3.89. The Balaban J connectivity index is 1.54. The van der Waals surface area contributed by atoms with Crippen molar-refractivity contribution in [3.8, 4) is 17.2 Å². The van der Waals surface area contributed by atoms with Crippen molar-refractivity contribution < 1.29 is 8.78 Å². The van der Waals surface area contributed by atoms with E-state index in [1.165, 1.54) is 13.1 Å². The molecule has 1 aliphatic rings. The van der Waals surface area contributed by atoms with Crippen molar-refractivity contribution in [1.82, 2.24) is 29.3 Å². The lowest BCUT2D eigenvalue weighted by atomic mass is 9.90. The fourth-order valence-electron chi connectivity index (χ4n) is 5.00. The summed E-state index contributed by atoms with van der Waals surface area (Å²) in [5.74, 6) is -1.44. The van der Waals surface area contributed by atoms with E-state index in [0.717, 1.165) is 60.3 Å². The molecule has 0 amide bonds. The van der Waals surface area contributed by atoms with E-state index in [2.05, 4.69) is 46.8 Å². The van der Waals surface area contributed by atoms with Crippen molar-refractivity contribution in [3.05, 3.63) is 59.3 Å². The number of nitriles is 1. The van der Waals surface area contributed by atoms with Crippen molar-refractivity contribution in [1.29, 1.82) is 5.26 Å². The highest BCUT2D eigenvalue weighted by molar-refractivity contribution is 7.99. The third kappa shape index (κ3) is 4.38. The van der Waals surface area contributed by atoms with Gasteiger partial charge >= 0.3 is 0 Å². The van der Waals surface area contributed by atoms with Crippen molar-refractivity contribution in [2.24, 2.45) is 0 Å². The smallest absolute Gasteiger partial charge is 0.158 e. The van der Waals surface area contributed by atoms with Crippen LogP contribution in [0.25, 0.3) is 16.6 Å². The largest absolute Gasteiger partial charge is 0.306 e. The number of hydrogen-bond acceptors (Lipinski definition) is 6. The third-order valence-electron chi connectivity index (χ3n) is 7.07. The molecule has 0 N–H and O–H groups in total. The van der Waals surface area contributed by atoms with Crippen LogP contribution in [0.1, 0.15) is 48.7 Å². The van der Waals surface area contributed by atoms with E-state index >= 15 is 0 Å². The van der Waals surface area contributed by atoms with Crippen molar-refractivity contribution in [2.75, 3.05) is 14.1 Å². The maximum atomic E-state index is 14.6. The first-order chi connectivity index (χ1) is 17.3. The van der Waals surface area contributed by atoms with Gasteiger partial charge in [-0.15, -0.1) is 0 Å². The lowest BCUT2D eigenvalue weighted by Crippen LogP contribution is -2.33. The lowest BCUT2D eigenvalue weighted by molar-refractivity contribution is 0.188. The average Bonchev–Trinajstić information content (AvgIpc) is 3.45. The first kappa shape index (κ1) is 24.4. The Morgan fingerprint density at radius 2 is 1.81 bits per heavy atom. The number of pyridine rings is 2. The molecule has 1 saturated carbocycles. The number of halogens is 2. The summed E-state index contributed by atoms with van der Waals surface area (Å²) in [4.78, 5) is 7.00. The van der Waals surface area contributed by atoms with Crippen LogP contribution in [0.5, 0.6) is 0 Å². The molecule has 7 nitrogen and oxygen atoms in total. The molecule has 0 saturated heterocycles. The first-order valence-corrected chi connectivity index (χ1v) is 12.7. The van der Waals surface area contributed by atoms with Gasteiger partial charge in [0.25, 0.3) is 0 Å². The quantitative estimate of drug-likeness (QED) is 0.352. The van der Waals surface area contributed by atoms with Gasteiger partial charge in [-0.2, -0.15) is 15.5 Å². The number of aryl methyl sites for hydroxylation is 1. The fraction of sp³-hybridized carbons (Fsp3) is 0.385. The first-order valence-electron chi connectivity index (χ1n) is 11.9. The zero-order chi connectivity index (χ0) is 25.6. The molecule has 0 bridgehead atoms. The van der Waals surface area contributed by atoms with Gasteiger partial charge in [-0.05, 0) is 59.7 Å². The Kier molecular flexibility index (Phi) is 6.53. The fourth-order valence-corrected chi connectivity index (χ4v) is 6.03. The van der Waals surface area contributed by atoms with E-state index < -0.39 is 11.6 Å². The molecule has 0 aliphatic heterocycles. The molecule has 0 radical (unpaired) electrons. The number of nitrogens with zero attached hydrogens (tertiary/aromatic N) is 7. The Labute approximate surface area is 212 Å². The summed E-state index contributed by atoms with van der Waals surface area (Å²) in [6.45, 7) is 3.56. The lowest BCUT2D eigenvalue weighted by Gasteiger charge is -2.33. The minimum atomic E-state index is -0.748. The van der Waals surface area contributed by atoms with E-state index in [-0.39, 0.29) is 10.7 Å². The molecular formula is C26H27F2N7S. The SMILES string of the molecule is Cc1nc(Sc2cc(-c3cnn(C4CCC(N(C)C)CC4)c3C)cn3ncc(C#N)c23)c(F)cc1F. The second-order valence-corrected chi connectivity index (χ2v) is 10.5. The summed E-state index contributed by atoms with van der Waals surface area (Å²) < 4.78 is 32.1. The van der Waals surface area contributed by atoms with Gasteiger partial charge in [0.05, 0.1) is 35.2 Å². The van der Waals surface area contributed by atoms with Gasteiger partial charge in [0.15, 0.2) is 5.82 Å². The normalized spacial score (nSPS) is 18.2. The number of fused-ring (bicyclic) bond motifs is 1. The highest BCUT2D eigenvalue weighted by Crippen LogP contribution is 2.38. The summed E-state index contributed by atoms with van der Waals surface area (Å²) in [6.07, 6.45) is 9.63. The maximum Gasteiger partial charge on any atom is 0.158 e. The molecule has 0 atom stereocenters. The summed E-state index contributed by atoms with van der Waals surface area (Å²) in [7, 11) is 4.27. The highest BCUT2D eigenvalue weighted by atomic mass is 32.2. The molecule has 4 aromatic rings. The van der Waals surface area contributed by atoms with Gasteiger partial charge in [-0.1, -0.05) is 11.8 Å². The van der Waals surface area contributed by atoms with Crippen LogP contribution in [0, 0.1) is 36.8 Å². The molecular weight excluding hydrogens is 480 g/mol. The van der Waals surface area contributed by atoms with Crippen molar-refractivity contribution >= 4 is 17.3 Å². The van der Waals surface area contributed by atoms with Gasteiger partial charge < -0.3 is 4.90 Å². The van der Waals surface area contributed by atoms with Gasteiger partial charge in [0.1, 0.15) is 16.9 Å². The Morgan fingerprint density at radius 1 is 1.06 bits per heavy atom. The van der Waals surface area contributed by atoms with Crippen LogP contribution in [0.4, 0.5) is 8.78 Å². The highest BCUT2D eigenvalue weighted by Gasteiger charge is 2.26. The summed E-state index contributed by atoms with van der Waals surface area (Å²) in [5, 5.41) is 18.8. The van der Waals surface area contributed by atoms with Crippen LogP contribution >= 0.6 is 11.8 Å². The van der Waals surface area contributed by atoms with E-state index in [0.29, 0.717) is 28.1 Å². The van der Waals surface area contributed by atoms with Crippen LogP contribution in [0.2, 0.25) is 0 Å². The predicted octanol–water partition coefficient (Wildman–Crippen LogP) is 5.56. The van der Waals surface area contributed by atoms with Crippen LogP contribution in [-0.4, -0.2) is 49.4 Å².